The summed E-state index contributed by atoms with van der Waals surface area (Å²) < 4.78 is 0.543. The number of hydrogen-bond donors (Lipinski definition) is 0. The lowest BCUT2D eigenvalue weighted by molar-refractivity contribution is -0.122. The number of thioether (sulfide) groups is 3. The van der Waals surface area contributed by atoms with Gasteiger partial charge in [0.2, 0.25) is 0 Å². The molecule has 1 aromatic heterocycles. The molecule has 2 aliphatic rings. The van der Waals surface area contributed by atoms with Crippen LogP contribution in [0.2, 0.25) is 0 Å². The molecule has 3 rings (SSSR count). The highest BCUT2D eigenvalue weighted by atomic mass is 32.2. The summed E-state index contributed by atoms with van der Waals surface area (Å²) >= 11 is 3.09. The van der Waals surface area contributed by atoms with Crippen LogP contribution in [0.15, 0.2) is 19.2 Å². The number of rotatable bonds is 1. The average Bonchev–Trinajstić information content (AvgIpc) is 3.08. The normalized spacial score (nSPS) is 16.1. The van der Waals surface area contributed by atoms with E-state index in [9.17, 15) is 9.59 Å². The van der Waals surface area contributed by atoms with Gasteiger partial charge in [-0.05, 0) is 11.8 Å². The fourth-order valence-corrected chi connectivity index (χ4v) is 5.09. The van der Waals surface area contributed by atoms with Crippen LogP contribution in [-0.4, -0.2) is 32.6 Å². The molecule has 10 heteroatoms. The molecule has 0 spiro atoms. The van der Waals surface area contributed by atoms with Gasteiger partial charge in [0.05, 0.1) is 10.8 Å². The first-order valence-corrected chi connectivity index (χ1v) is 8.33. The quantitative estimate of drug-likeness (QED) is 0.549. The van der Waals surface area contributed by atoms with Crippen molar-refractivity contribution in [2.24, 2.45) is 0 Å². The summed E-state index contributed by atoms with van der Waals surface area (Å²) in [7, 11) is 0. The summed E-state index contributed by atoms with van der Waals surface area (Å²) in [5.74, 6) is 1.81. The van der Waals surface area contributed by atoms with Gasteiger partial charge in [-0.25, -0.2) is 9.97 Å². The van der Waals surface area contributed by atoms with Crippen molar-refractivity contribution in [1.29, 1.82) is 10.5 Å². The van der Waals surface area contributed by atoms with Crippen molar-refractivity contribution in [2.45, 2.75) is 10.1 Å². The van der Waals surface area contributed by atoms with E-state index in [-0.39, 0.29) is 22.8 Å². The van der Waals surface area contributed by atoms with Gasteiger partial charge in [-0.2, -0.15) is 10.5 Å². The van der Waals surface area contributed by atoms with Gasteiger partial charge in [-0.1, -0.05) is 29.4 Å². The van der Waals surface area contributed by atoms with E-state index in [0.717, 1.165) is 40.2 Å². The Labute approximate surface area is 143 Å². The minimum Gasteiger partial charge on any atom is -0.268 e. The summed E-state index contributed by atoms with van der Waals surface area (Å²) in [5.41, 5.74) is -0.137. The third-order valence-corrected chi connectivity index (χ3v) is 6.31. The molecule has 0 bridgehead atoms. The summed E-state index contributed by atoms with van der Waals surface area (Å²) in [6.07, 6.45) is 5.15. The van der Waals surface area contributed by atoms with E-state index < -0.39 is 11.1 Å². The molecule has 0 aromatic carbocycles. The van der Waals surface area contributed by atoms with E-state index in [4.69, 9.17) is 16.9 Å². The highest BCUT2D eigenvalue weighted by Gasteiger charge is 2.39. The second-order valence-corrected chi connectivity index (χ2v) is 7.26. The van der Waals surface area contributed by atoms with E-state index in [1.54, 1.807) is 0 Å². The molecule has 2 amide bonds. The zero-order valence-corrected chi connectivity index (χ0v) is 13.5. The largest absolute Gasteiger partial charge is 0.294 e. The van der Waals surface area contributed by atoms with Crippen LogP contribution in [0, 0.1) is 35.0 Å². The van der Waals surface area contributed by atoms with Crippen molar-refractivity contribution < 1.29 is 9.59 Å². The topological polar surface area (TPSA) is 111 Å². The van der Waals surface area contributed by atoms with Crippen molar-refractivity contribution in [3.63, 3.8) is 0 Å². The van der Waals surface area contributed by atoms with Gasteiger partial charge in [0, 0.05) is 0 Å². The molecule has 1 fully saturated rings. The summed E-state index contributed by atoms with van der Waals surface area (Å²) in [5, 5.41) is 18.4. The fourth-order valence-electron chi connectivity index (χ4n) is 1.73. The fraction of sp³-hybridized carbons (Fsp3) is 0.0769. The standard InChI is InChI=1S/C13H3N5O2S3/c1-2-3-18-11(19)8(21-13(18)20)12-22-9-10(23-12)17-7(5-15)6(4-14)16-9/h1H,3H2. The minimum atomic E-state index is -0.457. The summed E-state index contributed by atoms with van der Waals surface area (Å²) in [6, 6.07) is 3.62. The van der Waals surface area contributed by atoms with E-state index in [2.05, 4.69) is 15.9 Å². The molecule has 0 radical (unpaired) electrons. The van der Waals surface area contributed by atoms with E-state index >= 15 is 0 Å². The van der Waals surface area contributed by atoms with Gasteiger partial charge in [0.25, 0.3) is 11.1 Å². The lowest BCUT2D eigenvalue weighted by Gasteiger charge is -2.06. The first-order chi connectivity index (χ1) is 11.1. The second-order valence-electron chi connectivity index (χ2n) is 4.04. The van der Waals surface area contributed by atoms with Crippen LogP contribution < -0.4 is 0 Å². The molecule has 2 aliphatic heterocycles. The zero-order chi connectivity index (χ0) is 16.6. The number of carbonyl (C=O) groups is 2. The summed E-state index contributed by atoms with van der Waals surface area (Å²) in [4.78, 5) is 33.5. The Morgan fingerprint density at radius 3 is 2.09 bits per heavy atom. The molecule has 0 saturated carbocycles. The maximum Gasteiger partial charge on any atom is 0.294 e. The Morgan fingerprint density at radius 2 is 1.61 bits per heavy atom. The third kappa shape index (κ3) is 2.55. The minimum absolute atomic E-state index is 0.0685. The Hall–Kier alpha value is -2.45. The highest BCUT2D eigenvalue weighted by Crippen LogP contribution is 2.53. The van der Waals surface area contributed by atoms with Crippen LogP contribution in [-0.2, 0) is 4.79 Å². The van der Waals surface area contributed by atoms with Crippen LogP contribution >= 0.6 is 35.3 Å². The van der Waals surface area contributed by atoms with Crippen molar-refractivity contribution in [3.8, 4) is 24.5 Å². The maximum absolute atomic E-state index is 12.2. The first-order valence-electron chi connectivity index (χ1n) is 5.88. The monoisotopic (exact) mass is 357 g/mol. The van der Waals surface area contributed by atoms with E-state index in [0.29, 0.717) is 14.3 Å². The summed E-state index contributed by atoms with van der Waals surface area (Å²) in [6.45, 7) is -0.0859. The smallest absolute Gasteiger partial charge is 0.268 e. The number of aromatic nitrogens is 2. The number of terminal acetylenes is 1. The number of amides is 2. The first kappa shape index (κ1) is 15.4. The number of nitriles is 2. The molecule has 7 nitrogen and oxygen atoms in total. The molecule has 0 aliphatic carbocycles. The number of nitrogens with zero attached hydrogens (tertiary/aromatic N) is 5. The average molecular weight is 357 g/mol. The van der Waals surface area contributed by atoms with Gasteiger partial charge < -0.3 is 0 Å². The Balaban J connectivity index is 1.98. The van der Waals surface area contributed by atoms with Crippen molar-refractivity contribution in [1.82, 2.24) is 14.9 Å². The lowest BCUT2D eigenvalue weighted by atomic mass is 10.3. The van der Waals surface area contributed by atoms with Gasteiger partial charge in [-0.15, -0.1) is 6.42 Å². The number of carbonyl (C=O) groups excluding carboxylic acids is 2. The van der Waals surface area contributed by atoms with Gasteiger partial charge in [-0.3, -0.25) is 14.5 Å². The van der Waals surface area contributed by atoms with Gasteiger partial charge in [0.15, 0.2) is 11.4 Å². The molecule has 1 aromatic rings. The van der Waals surface area contributed by atoms with Crippen LogP contribution in [0.5, 0.6) is 0 Å². The van der Waals surface area contributed by atoms with Crippen molar-refractivity contribution in [2.75, 3.05) is 6.54 Å². The second kappa shape index (κ2) is 5.98. The molecule has 110 valence electrons. The Bertz CT molecular complexity index is 874. The van der Waals surface area contributed by atoms with Crippen LogP contribution in [0.4, 0.5) is 4.79 Å². The van der Waals surface area contributed by atoms with Gasteiger partial charge in [0.1, 0.15) is 27.1 Å². The number of fused-ring (bicyclic) bond motifs is 1. The van der Waals surface area contributed by atoms with Crippen LogP contribution in [0.1, 0.15) is 11.4 Å². The number of imide groups is 1. The SMILES string of the molecule is C#CCN1C(=O)SC(=C2Sc3nc(C#N)c(C#N)nc3S2)C1=O. The highest BCUT2D eigenvalue weighted by molar-refractivity contribution is 8.27. The van der Waals surface area contributed by atoms with Crippen LogP contribution in [0.25, 0.3) is 0 Å². The zero-order valence-electron chi connectivity index (χ0n) is 11.1. The molecule has 3 heterocycles. The lowest BCUT2D eigenvalue weighted by Crippen LogP contribution is -2.28. The number of hydrogen-bond acceptors (Lipinski definition) is 9. The van der Waals surface area contributed by atoms with E-state index in [1.807, 2.05) is 12.1 Å². The molecule has 0 unspecified atom stereocenters. The van der Waals surface area contributed by atoms with Crippen LogP contribution in [0.3, 0.4) is 0 Å². The molecular formula is C13H3N5O2S3. The molecule has 1 saturated heterocycles. The van der Waals surface area contributed by atoms with E-state index in [1.165, 1.54) is 0 Å². The Morgan fingerprint density at radius 1 is 1.04 bits per heavy atom. The Kier molecular flexibility index (Phi) is 4.01. The third-order valence-electron chi connectivity index (χ3n) is 2.71. The molecular weight excluding hydrogens is 354 g/mol. The van der Waals surface area contributed by atoms with Gasteiger partial charge >= 0.3 is 0 Å². The maximum atomic E-state index is 12.2. The predicted molar refractivity (Wildman–Crippen MR) is 83.7 cm³/mol. The molecule has 0 atom stereocenters. The van der Waals surface area contributed by atoms with Crippen molar-refractivity contribution >= 4 is 46.4 Å². The molecule has 0 N–H and O–H groups in total. The van der Waals surface area contributed by atoms with Crippen molar-refractivity contribution in [3.05, 3.63) is 20.5 Å². The predicted octanol–water partition coefficient (Wildman–Crippen LogP) is 1.92. The molecule has 23 heavy (non-hydrogen) atoms.